The van der Waals surface area contributed by atoms with Crippen LogP contribution in [0, 0.1) is 0 Å². The van der Waals surface area contributed by atoms with Gasteiger partial charge in [0.15, 0.2) is 5.78 Å². The number of hydrogen-bond acceptors (Lipinski definition) is 4. The van der Waals surface area contributed by atoms with Gasteiger partial charge in [-0.15, -0.1) is 11.8 Å². The lowest BCUT2D eigenvalue weighted by molar-refractivity contribution is -0.116. The minimum Gasteiger partial charge on any atom is -0.372 e. The molecule has 2 aliphatic rings. The van der Waals surface area contributed by atoms with Crippen LogP contribution >= 0.6 is 11.8 Å². The van der Waals surface area contributed by atoms with Gasteiger partial charge in [0, 0.05) is 22.6 Å². The van der Waals surface area contributed by atoms with E-state index in [9.17, 15) is 4.79 Å². The van der Waals surface area contributed by atoms with Crippen LogP contribution in [0.1, 0.15) is 35.9 Å². The smallest absolute Gasteiger partial charge is 0.163 e. The third-order valence-electron chi connectivity index (χ3n) is 6.03. The number of carbonyl (C=O) groups excluding carboxylic acids is 1. The summed E-state index contributed by atoms with van der Waals surface area (Å²) in [6.07, 6.45) is 3.45. The molecule has 3 aromatic carbocycles. The van der Waals surface area contributed by atoms with Crippen molar-refractivity contribution in [2.24, 2.45) is 0 Å². The molecule has 2 unspecified atom stereocenters. The fraction of sp³-hybridized carbons (Fsp3) is 0.192. The number of Topliss-reactive ketones (excluding diaryl/α,β-unsaturated/α-hetero) is 1. The Morgan fingerprint density at radius 1 is 0.800 bits per heavy atom. The van der Waals surface area contributed by atoms with E-state index in [4.69, 9.17) is 0 Å². The molecular formula is C26H24N2OS. The van der Waals surface area contributed by atoms with Gasteiger partial charge in [0.25, 0.3) is 0 Å². The van der Waals surface area contributed by atoms with Crippen LogP contribution < -0.4 is 10.6 Å². The van der Waals surface area contributed by atoms with Crippen molar-refractivity contribution in [2.45, 2.75) is 29.7 Å². The number of fused-ring (bicyclic) bond motifs is 1. The van der Waals surface area contributed by atoms with Crippen LogP contribution in [0.15, 0.2) is 95.0 Å². The maximum absolute atomic E-state index is 13.5. The minimum absolute atomic E-state index is 0.156. The summed E-state index contributed by atoms with van der Waals surface area (Å²) < 4.78 is 0. The molecule has 0 bridgehead atoms. The highest BCUT2D eigenvalue weighted by Gasteiger charge is 2.35. The molecule has 4 heteroatoms. The quantitative estimate of drug-likeness (QED) is 0.489. The number of hydrogen-bond donors (Lipinski definition) is 2. The molecule has 0 spiro atoms. The minimum atomic E-state index is -0.156. The van der Waals surface area contributed by atoms with E-state index in [2.05, 4.69) is 77.6 Å². The first-order valence-corrected chi connectivity index (χ1v) is 11.5. The molecule has 0 saturated carbocycles. The standard InChI is InChI=1S/C26H24N2OS/c1-30-20-13-11-18(12-14-20)26-25-23(27-21-9-5-6-10-22(21)28-26)15-19(16-24(25)29)17-7-3-2-4-8-17/h2-14,19,26-28H,15-16H2,1H3. The molecular weight excluding hydrogens is 388 g/mol. The Morgan fingerprint density at radius 3 is 2.23 bits per heavy atom. The first-order chi connectivity index (χ1) is 14.7. The van der Waals surface area contributed by atoms with Gasteiger partial charge in [0.05, 0.1) is 17.4 Å². The second kappa shape index (κ2) is 8.04. The Hall–Kier alpha value is -2.98. The molecule has 150 valence electrons. The molecule has 5 rings (SSSR count). The Bertz CT molecular complexity index is 1110. The van der Waals surface area contributed by atoms with Crippen molar-refractivity contribution in [3.8, 4) is 0 Å². The zero-order valence-electron chi connectivity index (χ0n) is 16.9. The van der Waals surface area contributed by atoms with E-state index in [1.54, 1.807) is 11.8 Å². The lowest BCUT2D eigenvalue weighted by Gasteiger charge is -2.30. The summed E-state index contributed by atoms with van der Waals surface area (Å²) in [5.74, 6) is 0.423. The Morgan fingerprint density at radius 2 is 1.50 bits per heavy atom. The molecule has 30 heavy (non-hydrogen) atoms. The number of para-hydroxylation sites is 2. The number of allylic oxidation sites excluding steroid dienone is 1. The predicted molar refractivity (Wildman–Crippen MR) is 125 cm³/mol. The fourth-order valence-electron chi connectivity index (χ4n) is 4.50. The summed E-state index contributed by atoms with van der Waals surface area (Å²) in [7, 11) is 0. The van der Waals surface area contributed by atoms with Crippen LogP contribution in [-0.2, 0) is 4.79 Å². The van der Waals surface area contributed by atoms with E-state index in [1.807, 2.05) is 18.2 Å². The first kappa shape index (κ1) is 19.0. The van der Waals surface area contributed by atoms with Crippen LogP contribution in [-0.4, -0.2) is 12.0 Å². The fourth-order valence-corrected chi connectivity index (χ4v) is 4.91. The van der Waals surface area contributed by atoms with E-state index in [-0.39, 0.29) is 17.7 Å². The zero-order chi connectivity index (χ0) is 20.5. The summed E-state index contributed by atoms with van der Waals surface area (Å²) in [6, 6.07) is 27.0. The van der Waals surface area contributed by atoms with Crippen molar-refractivity contribution in [3.63, 3.8) is 0 Å². The molecule has 2 atom stereocenters. The van der Waals surface area contributed by atoms with Crippen molar-refractivity contribution in [1.82, 2.24) is 0 Å². The van der Waals surface area contributed by atoms with Gasteiger partial charge in [-0.3, -0.25) is 4.79 Å². The Balaban J connectivity index is 1.60. The summed E-state index contributed by atoms with van der Waals surface area (Å²) >= 11 is 1.73. The van der Waals surface area contributed by atoms with Gasteiger partial charge in [0.2, 0.25) is 0 Å². The van der Waals surface area contributed by atoms with Crippen LogP contribution in [0.25, 0.3) is 0 Å². The van der Waals surface area contributed by atoms with Crippen molar-refractivity contribution in [1.29, 1.82) is 0 Å². The molecule has 0 radical (unpaired) electrons. The summed E-state index contributed by atoms with van der Waals surface area (Å²) in [6.45, 7) is 0. The highest BCUT2D eigenvalue weighted by molar-refractivity contribution is 7.98. The van der Waals surface area contributed by atoms with E-state index in [1.165, 1.54) is 10.5 Å². The molecule has 0 aromatic heterocycles. The lowest BCUT2D eigenvalue weighted by atomic mass is 9.78. The average Bonchev–Trinajstić information content (AvgIpc) is 2.96. The molecule has 0 amide bonds. The maximum Gasteiger partial charge on any atom is 0.163 e. The summed E-state index contributed by atoms with van der Waals surface area (Å²) in [5.41, 5.74) is 6.30. The van der Waals surface area contributed by atoms with E-state index < -0.39 is 0 Å². The van der Waals surface area contributed by atoms with Crippen LogP contribution in [0.3, 0.4) is 0 Å². The molecule has 1 heterocycles. The van der Waals surface area contributed by atoms with Gasteiger partial charge in [0.1, 0.15) is 0 Å². The van der Waals surface area contributed by atoms with Crippen molar-refractivity contribution < 1.29 is 4.79 Å². The van der Waals surface area contributed by atoms with Gasteiger partial charge in [-0.05, 0) is 54.0 Å². The summed E-state index contributed by atoms with van der Waals surface area (Å²) in [4.78, 5) is 14.7. The van der Waals surface area contributed by atoms with Gasteiger partial charge in [-0.25, -0.2) is 0 Å². The number of ketones is 1. The zero-order valence-corrected chi connectivity index (χ0v) is 17.7. The number of nitrogens with one attached hydrogen (secondary N) is 2. The van der Waals surface area contributed by atoms with Gasteiger partial charge in [-0.1, -0.05) is 54.6 Å². The number of benzene rings is 3. The number of rotatable bonds is 3. The number of thioether (sulfide) groups is 1. The van der Waals surface area contributed by atoms with Crippen molar-refractivity contribution in [3.05, 3.63) is 101 Å². The normalized spacial score (nSPS) is 20.5. The molecule has 0 fully saturated rings. The second-order valence-corrected chi connectivity index (χ2v) is 8.73. The molecule has 2 N–H and O–H groups in total. The molecule has 3 nitrogen and oxygen atoms in total. The largest absolute Gasteiger partial charge is 0.372 e. The maximum atomic E-state index is 13.5. The van der Waals surface area contributed by atoms with E-state index in [0.717, 1.165) is 34.6 Å². The van der Waals surface area contributed by atoms with Crippen LogP contribution in [0.5, 0.6) is 0 Å². The molecule has 3 aromatic rings. The average molecular weight is 413 g/mol. The molecule has 1 aliphatic carbocycles. The van der Waals surface area contributed by atoms with E-state index in [0.29, 0.717) is 6.42 Å². The predicted octanol–water partition coefficient (Wildman–Crippen LogP) is 6.39. The molecule has 1 aliphatic heterocycles. The lowest BCUT2D eigenvalue weighted by Crippen LogP contribution is -2.26. The van der Waals surface area contributed by atoms with E-state index >= 15 is 0 Å². The highest BCUT2D eigenvalue weighted by atomic mass is 32.2. The van der Waals surface area contributed by atoms with Gasteiger partial charge >= 0.3 is 0 Å². The summed E-state index contributed by atoms with van der Waals surface area (Å²) in [5, 5.41) is 7.26. The third kappa shape index (κ3) is 3.52. The van der Waals surface area contributed by atoms with Crippen molar-refractivity contribution >= 4 is 28.9 Å². The Kier molecular flexibility index (Phi) is 5.09. The Labute approximate surface area is 181 Å². The number of anilines is 2. The number of carbonyl (C=O) groups is 1. The highest BCUT2D eigenvalue weighted by Crippen LogP contribution is 2.44. The molecule has 0 saturated heterocycles. The van der Waals surface area contributed by atoms with Gasteiger partial charge < -0.3 is 10.6 Å². The van der Waals surface area contributed by atoms with Crippen molar-refractivity contribution in [2.75, 3.05) is 16.9 Å². The van der Waals surface area contributed by atoms with Crippen LogP contribution in [0.2, 0.25) is 0 Å². The van der Waals surface area contributed by atoms with Crippen LogP contribution in [0.4, 0.5) is 11.4 Å². The topological polar surface area (TPSA) is 41.1 Å². The first-order valence-electron chi connectivity index (χ1n) is 10.3. The second-order valence-electron chi connectivity index (χ2n) is 7.85. The third-order valence-corrected chi connectivity index (χ3v) is 6.77. The SMILES string of the molecule is CSc1ccc(C2Nc3ccccc3NC3=C2C(=O)CC(c2ccccc2)C3)cc1. The monoisotopic (exact) mass is 412 g/mol. The van der Waals surface area contributed by atoms with Gasteiger partial charge in [-0.2, -0.15) is 0 Å².